The summed E-state index contributed by atoms with van der Waals surface area (Å²) in [7, 11) is 4.69. The molecule has 0 N–H and O–H groups in total. The largest absolute Gasteiger partial charge is 0.306 e. The molecule has 1 saturated heterocycles. The van der Waals surface area contributed by atoms with Gasteiger partial charge in [-0.15, -0.1) is 0 Å². The number of hydrogen-bond donors (Lipinski definition) is 0. The number of rotatable bonds is 0. The van der Waals surface area contributed by atoms with Crippen LogP contribution in [0.3, 0.4) is 0 Å². The first-order chi connectivity index (χ1) is 8.15. The number of likely N-dealkylation sites (tertiary alicyclic amines) is 1. The molecule has 2 heterocycles. The van der Waals surface area contributed by atoms with Gasteiger partial charge in [0.25, 0.3) is 0 Å². The zero-order chi connectivity index (χ0) is 12.0. The summed E-state index contributed by atoms with van der Waals surface area (Å²) < 4.78 is 1.75. The quantitative estimate of drug-likeness (QED) is 0.653. The van der Waals surface area contributed by atoms with E-state index in [2.05, 4.69) is 27.4 Å². The van der Waals surface area contributed by atoms with Crippen molar-refractivity contribution in [2.45, 2.75) is 18.3 Å². The average Bonchev–Trinajstić information content (AvgIpc) is 2.57. The number of carbonyl (C=O) groups is 1. The van der Waals surface area contributed by atoms with Gasteiger partial charge in [-0.05, 0) is 54.0 Å². The Morgan fingerprint density at radius 3 is 2.59 bits per heavy atom. The summed E-state index contributed by atoms with van der Waals surface area (Å²) in [5.41, 5.74) is 2.02. The van der Waals surface area contributed by atoms with Gasteiger partial charge in [0.05, 0.1) is 11.1 Å². The molecule has 0 aliphatic carbocycles. The lowest BCUT2D eigenvalue weighted by Crippen LogP contribution is -2.46. The second kappa shape index (κ2) is 3.79. The summed E-state index contributed by atoms with van der Waals surface area (Å²) in [4.78, 5) is 14.8. The first-order valence-electron chi connectivity index (χ1n) is 6.02. The molecular formula is C13H17N2OP. The number of nitrogens with zero attached hydrogens (tertiary/aromatic N) is 2. The van der Waals surface area contributed by atoms with Crippen LogP contribution in [0.4, 0.5) is 5.69 Å². The molecule has 1 unspecified atom stereocenters. The monoisotopic (exact) mass is 248 g/mol. The minimum absolute atomic E-state index is 0.247. The fourth-order valence-corrected chi connectivity index (χ4v) is 3.50. The van der Waals surface area contributed by atoms with Crippen LogP contribution in [0.15, 0.2) is 24.3 Å². The lowest BCUT2D eigenvalue weighted by molar-refractivity contribution is -0.123. The summed E-state index contributed by atoms with van der Waals surface area (Å²) in [5.74, 6) is 0.247. The SMILES string of the molecule is CN1CCC2(CC1)C(=O)N(P)c1ccccc12. The van der Waals surface area contributed by atoms with Gasteiger partial charge < -0.3 is 4.90 Å². The van der Waals surface area contributed by atoms with E-state index in [4.69, 9.17) is 0 Å². The Balaban J connectivity index is 2.09. The second-order valence-electron chi connectivity index (χ2n) is 5.08. The van der Waals surface area contributed by atoms with Crippen LogP contribution < -0.4 is 4.67 Å². The maximum absolute atomic E-state index is 12.5. The summed E-state index contributed by atoms with van der Waals surface area (Å²) in [6, 6.07) is 8.18. The van der Waals surface area contributed by atoms with Gasteiger partial charge in [0.2, 0.25) is 5.91 Å². The molecule has 0 radical (unpaired) electrons. The number of anilines is 1. The predicted octanol–water partition coefficient (Wildman–Crippen LogP) is 1.79. The molecule has 1 amide bonds. The molecule has 17 heavy (non-hydrogen) atoms. The van der Waals surface area contributed by atoms with E-state index in [1.165, 1.54) is 5.56 Å². The van der Waals surface area contributed by atoms with E-state index in [-0.39, 0.29) is 11.3 Å². The van der Waals surface area contributed by atoms with Crippen molar-refractivity contribution < 1.29 is 4.79 Å². The van der Waals surface area contributed by atoms with Crippen LogP contribution in [0, 0.1) is 0 Å². The van der Waals surface area contributed by atoms with Gasteiger partial charge in [-0.25, -0.2) is 0 Å². The van der Waals surface area contributed by atoms with Gasteiger partial charge in [-0.3, -0.25) is 9.46 Å². The minimum atomic E-state index is -0.259. The van der Waals surface area contributed by atoms with E-state index in [0.29, 0.717) is 0 Å². The first-order valence-corrected chi connectivity index (χ1v) is 6.54. The highest BCUT2D eigenvalue weighted by Crippen LogP contribution is 2.48. The van der Waals surface area contributed by atoms with Crippen molar-refractivity contribution in [3.05, 3.63) is 29.8 Å². The van der Waals surface area contributed by atoms with E-state index < -0.39 is 0 Å². The topological polar surface area (TPSA) is 23.6 Å². The fourth-order valence-electron chi connectivity index (χ4n) is 3.03. The molecular weight excluding hydrogens is 231 g/mol. The predicted molar refractivity (Wildman–Crippen MR) is 72.0 cm³/mol. The van der Waals surface area contributed by atoms with Crippen molar-refractivity contribution in [3.63, 3.8) is 0 Å². The van der Waals surface area contributed by atoms with E-state index in [9.17, 15) is 4.79 Å². The molecule has 2 aliphatic heterocycles. The Morgan fingerprint density at radius 2 is 1.88 bits per heavy atom. The Hall–Kier alpha value is -0.920. The summed E-state index contributed by atoms with van der Waals surface area (Å²) in [6.45, 7) is 2.00. The smallest absolute Gasteiger partial charge is 0.240 e. The molecule has 1 aromatic rings. The van der Waals surface area contributed by atoms with Crippen molar-refractivity contribution in [1.29, 1.82) is 0 Å². The van der Waals surface area contributed by atoms with Crippen molar-refractivity contribution in [3.8, 4) is 0 Å². The highest BCUT2D eigenvalue weighted by Gasteiger charge is 2.50. The molecule has 0 aromatic heterocycles. The lowest BCUT2D eigenvalue weighted by atomic mass is 9.74. The highest BCUT2D eigenvalue weighted by molar-refractivity contribution is 7.21. The fraction of sp³-hybridized carbons (Fsp3) is 0.462. The molecule has 0 saturated carbocycles. The molecule has 2 aliphatic rings. The van der Waals surface area contributed by atoms with Gasteiger partial charge in [-0.1, -0.05) is 18.2 Å². The Labute approximate surface area is 104 Å². The van der Waals surface area contributed by atoms with Crippen LogP contribution in [-0.4, -0.2) is 30.9 Å². The van der Waals surface area contributed by atoms with E-state index in [1.807, 2.05) is 18.2 Å². The Kier molecular flexibility index (Phi) is 2.49. The third-order valence-electron chi connectivity index (χ3n) is 4.15. The Bertz CT molecular complexity index is 466. The van der Waals surface area contributed by atoms with E-state index in [1.54, 1.807) is 4.67 Å². The van der Waals surface area contributed by atoms with Crippen LogP contribution in [0.25, 0.3) is 0 Å². The van der Waals surface area contributed by atoms with Crippen molar-refractivity contribution in [2.75, 3.05) is 24.8 Å². The number of fused-ring (bicyclic) bond motifs is 2. The molecule has 1 atom stereocenters. The molecule has 3 nitrogen and oxygen atoms in total. The van der Waals surface area contributed by atoms with Gasteiger partial charge >= 0.3 is 0 Å². The molecule has 4 heteroatoms. The van der Waals surface area contributed by atoms with Crippen LogP contribution in [-0.2, 0) is 10.2 Å². The number of hydrogen-bond acceptors (Lipinski definition) is 2. The van der Waals surface area contributed by atoms with Crippen LogP contribution in [0.1, 0.15) is 18.4 Å². The van der Waals surface area contributed by atoms with E-state index in [0.717, 1.165) is 31.6 Å². The molecule has 1 fully saturated rings. The van der Waals surface area contributed by atoms with Crippen LogP contribution in [0.2, 0.25) is 0 Å². The Morgan fingerprint density at radius 1 is 1.24 bits per heavy atom. The van der Waals surface area contributed by atoms with Crippen LogP contribution >= 0.6 is 9.39 Å². The van der Waals surface area contributed by atoms with Gasteiger partial charge in [0, 0.05) is 0 Å². The average molecular weight is 248 g/mol. The number of amides is 1. The molecule has 3 rings (SSSR count). The summed E-state index contributed by atoms with van der Waals surface area (Å²) >= 11 is 0. The molecule has 90 valence electrons. The van der Waals surface area contributed by atoms with Crippen LogP contribution in [0.5, 0.6) is 0 Å². The normalized spacial score (nSPS) is 23.2. The number of piperidine rings is 1. The van der Waals surface area contributed by atoms with Gasteiger partial charge in [0.15, 0.2) is 0 Å². The van der Waals surface area contributed by atoms with E-state index >= 15 is 0 Å². The number of para-hydroxylation sites is 1. The standard InChI is InChI=1S/C13H17N2OP/c1-14-8-6-13(7-9-14)10-4-2-3-5-11(10)15(17)12(13)16/h2-5H,6-9,17H2,1H3. The number of carbonyl (C=O) groups excluding carboxylic acids is 1. The first kappa shape index (κ1) is 11.2. The van der Waals surface area contributed by atoms with Crippen molar-refractivity contribution in [2.24, 2.45) is 0 Å². The van der Waals surface area contributed by atoms with Crippen molar-refractivity contribution >= 4 is 21.0 Å². The third-order valence-corrected chi connectivity index (χ3v) is 4.66. The zero-order valence-corrected chi connectivity index (χ0v) is 11.2. The summed E-state index contributed by atoms with van der Waals surface area (Å²) in [5, 5.41) is 0. The molecule has 1 spiro atoms. The van der Waals surface area contributed by atoms with Crippen molar-refractivity contribution in [1.82, 2.24) is 4.90 Å². The molecule has 1 aromatic carbocycles. The summed E-state index contributed by atoms with van der Waals surface area (Å²) in [6.07, 6.45) is 1.87. The molecule has 0 bridgehead atoms. The van der Waals surface area contributed by atoms with Gasteiger partial charge in [0.1, 0.15) is 0 Å². The maximum Gasteiger partial charge on any atom is 0.240 e. The highest BCUT2D eigenvalue weighted by atomic mass is 31.0. The zero-order valence-electron chi connectivity index (χ0n) is 10.0. The van der Waals surface area contributed by atoms with Gasteiger partial charge in [-0.2, -0.15) is 0 Å². The second-order valence-corrected chi connectivity index (χ2v) is 5.59. The third kappa shape index (κ3) is 1.46. The maximum atomic E-state index is 12.5. The minimum Gasteiger partial charge on any atom is -0.306 e. The lowest BCUT2D eigenvalue weighted by Gasteiger charge is -2.36. The number of benzene rings is 1.